The zero-order valence-corrected chi connectivity index (χ0v) is 24.3. The van der Waals surface area contributed by atoms with Crippen molar-refractivity contribution in [3.05, 3.63) is 59.4 Å². The molecule has 3 heterocycles. The molecular formula is C28H35ClN5O4P. The van der Waals surface area contributed by atoms with Gasteiger partial charge < -0.3 is 18.9 Å². The molecule has 2 amide bonds. The van der Waals surface area contributed by atoms with E-state index in [0.717, 1.165) is 31.4 Å². The van der Waals surface area contributed by atoms with Crippen molar-refractivity contribution in [2.75, 3.05) is 31.9 Å². The topological polar surface area (TPSA) is 98.6 Å². The summed E-state index contributed by atoms with van der Waals surface area (Å²) in [6.45, 7) is 8.67. The van der Waals surface area contributed by atoms with Crippen molar-refractivity contribution in [1.82, 2.24) is 19.4 Å². The van der Waals surface area contributed by atoms with Crippen LogP contribution in [0.25, 0.3) is 11.0 Å². The molecule has 2 aromatic heterocycles. The quantitative estimate of drug-likeness (QED) is 0.245. The van der Waals surface area contributed by atoms with Crippen molar-refractivity contribution in [2.24, 2.45) is 0 Å². The van der Waals surface area contributed by atoms with E-state index in [2.05, 4.69) is 23.8 Å². The molecule has 39 heavy (non-hydrogen) atoms. The SMILES string of the molecule is C=CC(=O)N1CCCC[C@@H](n2c(NC(=O)c3ccnc(C)c3)nc3cc(O[C@H](CC)PCOC)cc(Cl)c32)C1. The van der Waals surface area contributed by atoms with Gasteiger partial charge >= 0.3 is 0 Å². The fourth-order valence-corrected chi connectivity index (χ4v) is 5.96. The van der Waals surface area contributed by atoms with Crippen LogP contribution in [0.15, 0.2) is 43.1 Å². The lowest BCUT2D eigenvalue weighted by Gasteiger charge is -2.26. The molecule has 0 aliphatic carbocycles. The van der Waals surface area contributed by atoms with Gasteiger partial charge in [0.05, 0.1) is 28.4 Å². The predicted molar refractivity (Wildman–Crippen MR) is 156 cm³/mol. The zero-order valence-electron chi connectivity index (χ0n) is 22.6. The van der Waals surface area contributed by atoms with Crippen LogP contribution < -0.4 is 10.1 Å². The molecule has 0 radical (unpaired) electrons. The Morgan fingerprint density at radius 3 is 2.87 bits per heavy atom. The summed E-state index contributed by atoms with van der Waals surface area (Å²) in [5.74, 6) is 0.557. The second kappa shape index (κ2) is 13.4. The highest BCUT2D eigenvalue weighted by Crippen LogP contribution is 2.37. The van der Waals surface area contributed by atoms with E-state index in [1.807, 2.05) is 17.6 Å². The molecule has 9 nitrogen and oxygen atoms in total. The molecule has 0 spiro atoms. The number of halogens is 1. The van der Waals surface area contributed by atoms with E-state index in [9.17, 15) is 9.59 Å². The summed E-state index contributed by atoms with van der Waals surface area (Å²) in [4.78, 5) is 36.6. The van der Waals surface area contributed by atoms with Gasteiger partial charge in [0, 0.05) is 49.8 Å². The van der Waals surface area contributed by atoms with Crippen LogP contribution in [0.2, 0.25) is 5.02 Å². The second-order valence-corrected chi connectivity index (χ2v) is 11.3. The molecular weight excluding hydrogens is 537 g/mol. The van der Waals surface area contributed by atoms with Crippen molar-refractivity contribution in [3.63, 3.8) is 0 Å². The normalized spacial score (nSPS) is 16.8. The number of nitrogens with zero attached hydrogens (tertiary/aromatic N) is 4. The van der Waals surface area contributed by atoms with Gasteiger partial charge in [-0.05, 0) is 50.8 Å². The highest BCUT2D eigenvalue weighted by molar-refractivity contribution is 7.38. The van der Waals surface area contributed by atoms with Crippen LogP contribution in [0.1, 0.15) is 54.7 Å². The number of hydrogen-bond acceptors (Lipinski definition) is 6. The summed E-state index contributed by atoms with van der Waals surface area (Å²) in [6, 6.07) is 6.89. The Morgan fingerprint density at radius 2 is 2.15 bits per heavy atom. The van der Waals surface area contributed by atoms with Gasteiger partial charge in [-0.3, -0.25) is 19.9 Å². The number of benzene rings is 1. The Labute approximate surface area is 235 Å². The van der Waals surface area contributed by atoms with Crippen molar-refractivity contribution in [3.8, 4) is 5.75 Å². The first-order chi connectivity index (χ1) is 18.8. The molecule has 3 aromatic rings. The largest absolute Gasteiger partial charge is 0.486 e. The number of ether oxygens (including phenoxy) is 2. The van der Waals surface area contributed by atoms with Gasteiger partial charge in [0.2, 0.25) is 11.9 Å². The number of aromatic nitrogens is 3. The summed E-state index contributed by atoms with van der Waals surface area (Å²) < 4.78 is 13.4. The maximum atomic E-state index is 13.3. The van der Waals surface area contributed by atoms with Crippen molar-refractivity contribution < 1.29 is 19.1 Å². The highest BCUT2D eigenvalue weighted by Gasteiger charge is 2.28. The third-order valence-corrected chi connectivity index (χ3v) is 8.42. The van der Waals surface area contributed by atoms with Gasteiger partial charge in [-0.25, -0.2) is 4.98 Å². The minimum absolute atomic E-state index is 0.00464. The number of fused-ring (bicyclic) bond motifs is 1. The lowest BCUT2D eigenvalue weighted by atomic mass is 10.1. The van der Waals surface area contributed by atoms with Crippen LogP contribution in [-0.2, 0) is 9.53 Å². The molecule has 4 rings (SSSR count). The lowest BCUT2D eigenvalue weighted by Crippen LogP contribution is -2.34. The van der Waals surface area contributed by atoms with Crippen LogP contribution in [0, 0.1) is 6.92 Å². The highest BCUT2D eigenvalue weighted by atomic mass is 35.5. The summed E-state index contributed by atoms with van der Waals surface area (Å²) in [7, 11) is 2.16. The van der Waals surface area contributed by atoms with E-state index >= 15 is 0 Å². The monoisotopic (exact) mass is 571 g/mol. The number of anilines is 1. The zero-order chi connectivity index (χ0) is 27.9. The number of rotatable bonds is 10. The average Bonchev–Trinajstić information content (AvgIpc) is 3.11. The first-order valence-electron chi connectivity index (χ1n) is 13.1. The number of carbonyl (C=O) groups excluding carboxylic acids is 2. The minimum atomic E-state index is -0.302. The molecule has 1 aliphatic rings. The maximum Gasteiger partial charge on any atom is 0.258 e. The van der Waals surface area contributed by atoms with Crippen LogP contribution >= 0.6 is 20.2 Å². The Kier molecular flexibility index (Phi) is 9.94. The van der Waals surface area contributed by atoms with Crippen molar-refractivity contribution in [2.45, 2.75) is 51.4 Å². The molecule has 208 valence electrons. The summed E-state index contributed by atoms with van der Waals surface area (Å²) in [6.07, 6.45) is 6.99. The third-order valence-electron chi connectivity index (χ3n) is 6.70. The Morgan fingerprint density at radius 1 is 1.33 bits per heavy atom. The number of pyridine rings is 1. The standard InChI is InChI=1S/C28H35ClN5O4P/c1-5-24(35)33-12-8-7-9-20(16-33)34-26-22(29)14-21(38-25(6-2)39-17-37-4)15-23(26)31-28(34)32-27(36)19-10-11-30-18(3)13-19/h5,10-11,13-15,20,25,39H,1,6-9,12,16-17H2,2-4H3,(H,31,32,36)/t20-,25+/m1/s1. The predicted octanol–water partition coefficient (Wildman–Crippen LogP) is 5.78. The number of imidazole rings is 1. The van der Waals surface area contributed by atoms with Crippen LogP contribution in [0.5, 0.6) is 5.75 Å². The van der Waals surface area contributed by atoms with Crippen molar-refractivity contribution >= 4 is 49.0 Å². The van der Waals surface area contributed by atoms with E-state index in [-0.39, 0.29) is 23.7 Å². The van der Waals surface area contributed by atoms with Gasteiger partial charge in [0.25, 0.3) is 5.91 Å². The summed E-state index contributed by atoms with van der Waals surface area (Å²) in [5.41, 5.74) is 2.51. The van der Waals surface area contributed by atoms with E-state index < -0.39 is 0 Å². The van der Waals surface area contributed by atoms with Crippen molar-refractivity contribution in [1.29, 1.82) is 0 Å². The molecule has 1 unspecified atom stereocenters. The Balaban J connectivity index is 1.77. The number of amides is 2. The van der Waals surface area contributed by atoms with Gasteiger partial charge in [-0.2, -0.15) is 0 Å². The molecule has 1 saturated heterocycles. The lowest BCUT2D eigenvalue weighted by molar-refractivity contribution is -0.126. The fraction of sp³-hybridized carbons (Fsp3) is 0.429. The van der Waals surface area contributed by atoms with Crippen LogP contribution in [0.4, 0.5) is 5.95 Å². The van der Waals surface area contributed by atoms with Gasteiger partial charge in [0.1, 0.15) is 11.6 Å². The number of hydrogen-bond donors (Lipinski definition) is 1. The first kappa shape index (κ1) is 29.0. The third kappa shape index (κ3) is 6.96. The molecule has 1 N–H and O–H groups in total. The van der Waals surface area contributed by atoms with E-state index in [4.69, 9.17) is 26.1 Å². The summed E-state index contributed by atoms with van der Waals surface area (Å²) >= 11 is 6.89. The Hall–Kier alpha value is -3.00. The molecule has 0 saturated carbocycles. The minimum Gasteiger partial charge on any atom is -0.486 e. The van der Waals surface area contributed by atoms with E-state index in [0.29, 0.717) is 61.3 Å². The molecule has 1 aromatic carbocycles. The second-order valence-electron chi connectivity index (χ2n) is 9.51. The fourth-order valence-electron chi connectivity index (χ4n) is 4.80. The van der Waals surface area contributed by atoms with Crippen LogP contribution in [0.3, 0.4) is 0 Å². The smallest absolute Gasteiger partial charge is 0.258 e. The molecule has 3 atom stereocenters. The van der Waals surface area contributed by atoms with Gasteiger partial charge in [-0.1, -0.05) is 33.7 Å². The molecule has 11 heteroatoms. The summed E-state index contributed by atoms with van der Waals surface area (Å²) in [5, 5.41) is 3.46. The van der Waals surface area contributed by atoms with E-state index in [1.54, 1.807) is 36.4 Å². The van der Waals surface area contributed by atoms with Crippen LogP contribution in [-0.4, -0.2) is 63.6 Å². The maximum absolute atomic E-state index is 13.3. The number of carbonyl (C=O) groups is 2. The number of nitrogens with one attached hydrogen (secondary N) is 1. The number of methoxy groups -OCH3 is 1. The van der Waals surface area contributed by atoms with Gasteiger partial charge in [-0.15, -0.1) is 0 Å². The van der Waals surface area contributed by atoms with E-state index in [1.165, 1.54) is 6.08 Å². The Bertz CT molecular complexity index is 1350. The van der Waals surface area contributed by atoms with Gasteiger partial charge in [0.15, 0.2) is 0 Å². The average molecular weight is 572 g/mol. The number of aryl methyl sites for hydroxylation is 1. The first-order valence-corrected chi connectivity index (χ1v) is 14.8. The molecule has 1 aliphatic heterocycles. The number of likely N-dealkylation sites (tertiary alicyclic amines) is 1. The molecule has 0 bridgehead atoms. The molecule has 1 fully saturated rings.